The van der Waals surface area contributed by atoms with Gasteiger partial charge in [-0.1, -0.05) is 31.0 Å². The van der Waals surface area contributed by atoms with Crippen LogP contribution in [0, 0.1) is 11.8 Å². The average Bonchev–Trinajstić information content (AvgIpc) is 2.42. The maximum Gasteiger partial charge on any atom is 0.244 e. The van der Waals surface area contributed by atoms with E-state index in [2.05, 4.69) is 28.7 Å². The van der Waals surface area contributed by atoms with Gasteiger partial charge in [0.15, 0.2) is 0 Å². The van der Waals surface area contributed by atoms with Gasteiger partial charge in [-0.05, 0) is 23.8 Å². The molecular weight excluding hydrogens is 260 g/mol. The molecule has 0 spiro atoms. The van der Waals surface area contributed by atoms with Gasteiger partial charge in [0.1, 0.15) is 0 Å². The van der Waals surface area contributed by atoms with E-state index in [1.165, 1.54) is 12.3 Å². The highest BCUT2D eigenvalue weighted by molar-refractivity contribution is 6.30. The smallest absolute Gasteiger partial charge is 0.244 e. The van der Waals surface area contributed by atoms with Crippen LogP contribution < -0.4 is 5.32 Å². The van der Waals surface area contributed by atoms with Crippen LogP contribution in [0.25, 0.3) is 5.57 Å². The average molecular weight is 275 g/mol. The summed E-state index contributed by atoms with van der Waals surface area (Å²) in [6.07, 6.45) is 5.34. The molecule has 1 aromatic heterocycles. The van der Waals surface area contributed by atoms with Crippen molar-refractivity contribution in [1.82, 2.24) is 10.3 Å². The van der Waals surface area contributed by atoms with Crippen molar-refractivity contribution in [3.8, 4) is 11.8 Å². The Morgan fingerprint density at radius 3 is 2.89 bits per heavy atom. The quantitative estimate of drug-likeness (QED) is 0.521. The molecule has 4 heteroatoms. The molecule has 0 aliphatic carbocycles. The van der Waals surface area contributed by atoms with Crippen LogP contribution in [0.3, 0.4) is 0 Å². The second kappa shape index (κ2) is 8.12. The van der Waals surface area contributed by atoms with E-state index in [1.54, 1.807) is 18.2 Å². The van der Waals surface area contributed by atoms with E-state index >= 15 is 0 Å². The summed E-state index contributed by atoms with van der Waals surface area (Å²) < 4.78 is 0. The molecule has 1 rings (SSSR count). The van der Waals surface area contributed by atoms with Crippen molar-refractivity contribution in [2.75, 3.05) is 6.54 Å². The predicted octanol–water partition coefficient (Wildman–Crippen LogP) is 2.83. The molecule has 0 bridgehead atoms. The minimum atomic E-state index is -0.208. The molecule has 0 unspecified atom stereocenters. The summed E-state index contributed by atoms with van der Waals surface area (Å²) in [6, 6.07) is 3.48. The Labute approximate surface area is 118 Å². The number of nitrogens with zero attached hydrogens (tertiary/aromatic N) is 1. The van der Waals surface area contributed by atoms with Gasteiger partial charge in [0.2, 0.25) is 5.91 Å². The lowest BCUT2D eigenvalue weighted by Gasteiger charge is -1.99. The van der Waals surface area contributed by atoms with Crippen LogP contribution in [0.2, 0.25) is 5.02 Å². The Kier molecular flexibility index (Phi) is 6.42. The fourth-order valence-corrected chi connectivity index (χ4v) is 1.32. The molecule has 0 aromatic carbocycles. The fourth-order valence-electron chi connectivity index (χ4n) is 1.21. The van der Waals surface area contributed by atoms with Gasteiger partial charge in [0.05, 0.1) is 17.3 Å². The molecular formula is C15H15ClN2O. The third-order valence-electron chi connectivity index (χ3n) is 2.15. The molecule has 1 amide bonds. The summed E-state index contributed by atoms with van der Waals surface area (Å²) in [6.45, 7) is 6.14. The molecule has 0 saturated heterocycles. The lowest BCUT2D eigenvalue weighted by Crippen LogP contribution is -2.21. The minimum Gasteiger partial charge on any atom is -0.342 e. The zero-order valence-electron chi connectivity index (χ0n) is 10.7. The number of carbonyl (C=O) groups excluding carboxylic acids is 1. The number of hydrogen-bond donors (Lipinski definition) is 1. The summed E-state index contributed by atoms with van der Waals surface area (Å²) in [5.41, 5.74) is 1.32. The van der Waals surface area contributed by atoms with Crippen LogP contribution in [0.5, 0.6) is 0 Å². The predicted molar refractivity (Wildman–Crippen MR) is 78.5 cm³/mol. The Morgan fingerprint density at radius 1 is 1.47 bits per heavy atom. The fraction of sp³-hybridized carbons (Fsp3) is 0.200. The number of amides is 1. The molecule has 0 fully saturated rings. The summed E-state index contributed by atoms with van der Waals surface area (Å²) in [5, 5.41) is 3.21. The summed E-state index contributed by atoms with van der Waals surface area (Å²) in [4.78, 5) is 15.6. The van der Waals surface area contributed by atoms with Crippen molar-refractivity contribution < 1.29 is 4.79 Å². The van der Waals surface area contributed by atoms with Gasteiger partial charge in [-0.25, -0.2) is 0 Å². The summed E-state index contributed by atoms with van der Waals surface area (Å²) in [5.74, 6) is 5.49. The third kappa shape index (κ3) is 5.89. The first kappa shape index (κ1) is 15.0. The standard InChI is InChI=1S/C15H15ClN2O/c1-3-4-5-10-17-15(19)9-6-12(2)14-8-7-13(16)11-18-14/h6-9,11H,2-3,10H2,1H3,(H,17,19)/b9-6-. The lowest BCUT2D eigenvalue weighted by molar-refractivity contribution is -0.116. The number of allylic oxidation sites excluding steroid dienone is 2. The Hall–Kier alpha value is -2.05. The first-order chi connectivity index (χ1) is 9.13. The highest BCUT2D eigenvalue weighted by Crippen LogP contribution is 2.13. The van der Waals surface area contributed by atoms with Gasteiger partial charge in [-0.2, -0.15) is 0 Å². The number of nitrogens with one attached hydrogen (secondary N) is 1. The molecule has 0 aliphatic heterocycles. The van der Waals surface area contributed by atoms with Gasteiger partial charge in [0, 0.05) is 18.7 Å². The minimum absolute atomic E-state index is 0.208. The van der Waals surface area contributed by atoms with Crippen molar-refractivity contribution in [1.29, 1.82) is 0 Å². The molecule has 0 atom stereocenters. The number of rotatable bonds is 4. The molecule has 19 heavy (non-hydrogen) atoms. The zero-order chi connectivity index (χ0) is 14.1. The van der Waals surface area contributed by atoms with E-state index in [4.69, 9.17) is 11.6 Å². The number of carbonyl (C=O) groups is 1. The molecule has 0 radical (unpaired) electrons. The maximum atomic E-state index is 11.4. The SMILES string of the molecule is C=C(/C=C\C(=O)NCC#CCC)c1ccc(Cl)cn1. The van der Waals surface area contributed by atoms with Crippen molar-refractivity contribution >= 4 is 23.1 Å². The Bertz CT molecular complexity index is 536. The van der Waals surface area contributed by atoms with Gasteiger partial charge >= 0.3 is 0 Å². The highest BCUT2D eigenvalue weighted by Gasteiger charge is 1.98. The molecule has 3 nitrogen and oxygen atoms in total. The van der Waals surface area contributed by atoms with Crippen molar-refractivity contribution in [2.24, 2.45) is 0 Å². The van der Waals surface area contributed by atoms with Crippen LogP contribution in [-0.2, 0) is 4.79 Å². The van der Waals surface area contributed by atoms with Crippen LogP contribution in [0.1, 0.15) is 19.0 Å². The van der Waals surface area contributed by atoms with E-state index in [0.717, 1.165) is 6.42 Å². The monoisotopic (exact) mass is 274 g/mol. The van der Waals surface area contributed by atoms with Gasteiger partial charge in [-0.15, -0.1) is 5.92 Å². The molecule has 0 saturated carbocycles. The Balaban J connectivity index is 2.49. The molecule has 98 valence electrons. The number of pyridine rings is 1. The number of aromatic nitrogens is 1. The first-order valence-electron chi connectivity index (χ1n) is 5.86. The number of halogens is 1. The van der Waals surface area contributed by atoms with E-state index in [-0.39, 0.29) is 5.91 Å². The van der Waals surface area contributed by atoms with Crippen LogP contribution >= 0.6 is 11.6 Å². The van der Waals surface area contributed by atoms with Crippen molar-refractivity contribution in [2.45, 2.75) is 13.3 Å². The molecule has 0 aliphatic rings. The highest BCUT2D eigenvalue weighted by atomic mass is 35.5. The van der Waals surface area contributed by atoms with E-state index in [1.807, 2.05) is 6.92 Å². The molecule has 1 aromatic rings. The van der Waals surface area contributed by atoms with Gasteiger partial charge in [-0.3, -0.25) is 9.78 Å². The topological polar surface area (TPSA) is 42.0 Å². The van der Waals surface area contributed by atoms with Crippen molar-refractivity contribution in [3.05, 3.63) is 47.8 Å². The van der Waals surface area contributed by atoms with Gasteiger partial charge in [0.25, 0.3) is 0 Å². The van der Waals surface area contributed by atoms with E-state index in [0.29, 0.717) is 22.8 Å². The third-order valence-corrected chi connectivity index (χ3v) is 2.37. The van der Waals surface area contributed by atoms with E-state index < -0.39 is 0 Å². The zero-order valence-corrected chi connectivity index (χ0v) is 11.5. The second-order valence-electron chi connectivity index (χ2n) is 3.65. The van der Waals surface area contributed by atoms with Crippen molar-refractivity contribution in [3.63, 3.8) is 0 Å². The Morgan fingerprint density at radius 2 is 2.26 bits per heavy atom. The number of hydrogen-bond acceptors (Lipinski definition) is 2. The largest absolute Gasteiger partial charge is 0.342 e. The van der Waals surface area contributed by atoms with Crippen LogP contribution in [0.4, 0.5) is 0 Å². The molecule has 1 heterocycles. The molecule has 1 N–H and O–H groups in total. The second-order valence-corrected chi connectivity index (χ2v) is 4.08. The lowest BCUT2D eigenvalue weighted by atomic mass is 10.2. The summed E-state index contributed by atoms with van der Waals surface area (Å²) >= 11 is 5.74. The van der Waals surface area contributed by atoms with Gasteiger partial charge < -0.3 is 5.32 Å². The normalized spacial score (nSPS) is 9.79. The van der Waals surface area contributed by atoms with E-state index in [9.17, 15) is 4.79 Å². The maximum absolute atomic E-state index is 11.4. The summed E-state index contributed by atoms with van der Waals surface area (Å²) in [7, 11) is 0. The van der Waals surface area contributed by atoms with Crippen LogP contribution in [-0.4, -0.2) is 17.4 Å². The van der Waals surface area contributed by atoms with Crippen LogP contribution in [0.15, 0.2) is 37.1 Å². The first-order valence-corrected chi connectivity index (χ1v) is 6.23.